The Kier molecular flexibility index (Phi) is 4.85. The molecule has 2 N–H and O–H groups in total. The number of hydrogen-bond acceptors (Lipinski definition) is 2. The number of alkyl halides is 3. The number of halogens is 3. The average molecular weight is 383 g/mol. The summed E-state index contributed by atoms with van der Waals surface area (Å²) in [5, 5.41) is 0. The predicted molar refractivity (Wildman–Crippen MR) is 103 cm³/mol. The molecule has 144 valence electrons. The number of ether oxygens (including phenoxy) is 1. The smallest absolute Gasteiger partial charge is 0.416 e. The number of nitrogens with two attached hydrogens (primary N) is 1. The molecule has 0 amide bonds. The van der Waals surface area contributed by atoms with Gasteiger partial charge in [0.1, 0.15) is 12.4 Å². The molecule has 1 fully saturated rings. The Labute approximate surface area is 161 Å². The lowest BCUT2D eigenvalue weighted by Crippen LogP contribution is -2.12. The SMILES string of the molecule is N[C@@H]1C[C@H]1c1cc(-c2ccccc2)c(OCc2ccccc2)cc1C(F)(F)F. The summed E-state index contributed by atoms with van der Waals surface area (Å²) < 4.78 is 47.1. The molecule has 0 spiro atoms. The summed E-state index contributed by atoms with van der Waals surface area (Å²) in [7, 11) is 0. The zero-order chi connectivity index (χ0) is 19.7. The zero-order valence-electron chi connectivity index (χ0n) is 15.1. The first-order chi connectivity index (χ1) is 13.4. The Hall–Kier alpha value is -2.79. The van der Waals surface area contributed by atoms with Crippen molar-refractivity contribution in [1.82, 2.24) is 0 Å². The van der Waals surface area contributed by atoms with Gasteiger partial charge in [-0.2, -0.15) is 13.2 Å². The third-order valence-corrected chi connectivity index (χ3v) is 5.02. The first-order valence-electron chi connectivity index (χ1n) is 9.16. The number of benzene rings is 3. The van der Waals surface area contributed by atoms with Crippen molar-refractivity contribution in [3.63, 3.8) is 0 Å². The molecule has 3 aromatic rings. The second-order valence-corrected chi connectivity index (χ2v) is 7.08. The maximum atomic E-state index is 13.7. The highest BCUT2D eigenvalue weighted by Gasteiger charge is 2.43. The van der Waals surface area contributed by atoms with E-state index in [1.807, 2.05) is 60.7 Å². The molecule has 0 bridgehead atoms. The van der Waals surface area contributed by atoms with Crippen molar-refractivity contribution in [1.29, 1.82) is 0 Å². The van der Waals surface area contributed by atoms with E-state index in [1.54, 1.807) is 6.07 Å². The van der Waals surface area contributed by atoms with E-state index in [-0.39, 0.29) is 29.9 Å². The highest BCUT2D eigenvalue weighted by atomic mass is 19.4. The van der Waals surface area contributed by atoms with Crippen LogP contribution in [0.25, 0.3) is 11.1 Å². The minimum Gasteiger partial charge on any atom is -0.488 e. The third-order valence-electron chi connectivity index (χ3n) is 5.02. The predicted octanol–water partition coefficient (Wildman–Crippen LogP) is 5.77. The fraction of sp³-hybridized carbons (Fsp3) is 0.217. The molecule has 1 aliphatic carbocycles. The van der Waals surface area contributed by atoms with Crippen molar-refractivity contribution in [2.45, 2.75) is 31.2 Å². The van der Waals surface area contributed by atoms with Gasteiger partial charge >= 0.3 is 6.18 Å². The van der Waals surface area contributed by atoms with Gasteiger partial charge in [-0.1, -0.05) is 60.7 Å². The molecule has 0 aliphatic heterocycles. The summed E-state index contributed by atoms with van der Waals surface area (Å²) in [4.78, 5) is 0. The largest absolute Gasteiger partial charge is 0.488 e. The van der Waals surface area contributed by atoms with Gasteiger partial charge in [0.2, 0.25) is 0 Å². The van der Waals surface area contributed by atoms with E-state index >= 15 is 0 Å². The Morgan fingerprint density at radius 3 is 2.11 bits per heavy atom. The fourth-order valence-corrected chi connectivity index (χ4v) is 3.42. The Bertz CT molecular complexity index is 955. The minimum atomic E-state index is -4.46. The summed E-state index contributed by atoms with van der Waals surface area (Å²) in [6, 6.07) is 21.2. The fourth-order valence-electron chi connectivity index (χ4n) is 3.42. The second kappa shape index (κ2) is 7.32. The molecule has 0 aromatic heterocycles. The van der Waals surface area contributed by atoms with E-state index in [4.69, 9.17) is 10.5 Å². The van der Waals surface area contributed by atoms with Gasteiger partial charge in [0.05, 0.1) is 5.56 Å². The molecular formula is C23H20F3NO. The summed E-state index contributed by atoms with van der Waals surface area (Å²) in [6.45, 7) is 0.195. The van der Waals surface area contributed by atoms with E-state index in [0.29, 0.717) is 12.0 Å². The lowest BCUT2D eigenvalue weighted by Gasteiger charge is -2.19. The van der Waals surface area contributed by atoms with Crippen molar-refractivity contribution in [3.05, 3.63) is 89.5 Å². The maximum absolute atomic E-state index is 13.7. The molecule has 0 unspecified atom stereocenters. The lowest BCUT2D eigenvalue weighted by atomic mass is 9.94. The Morgan fingerprint density at radius 1 is 0.929 bits per heavy atom. The first-order valence-corrected chi connectivity index (χ1v) is 9.16. The summed E-state index contributed by atoms with van der Waals surface area (Å²) in [6.07, 6.45) is -3.89. The van der Waals surface area contributed by atoms with Crippen LogP contribution in [0, 0.1) is 0 Å². The van der Waals surface area contributed by atoms with E-state index in [2.05, 4.69) is 0 Å². The molecule has 0 saturated heterocycles. The van der Waals surface area contributed by atoms with Crippen molar-refractivity contribution >= 4 is 0 Å². The topological polar surface area (TPSA) is 35.2 Å². The van der Waals surface area contributed by atoms with Crippen molar-refractivity contribution in [2.24, 2.45) is 5.73 Å². The highest BCUT2D eigenvalue weighted by molar-refractivity contribution is 5.73. The van der Waals surface area contributed by atoms with Crippen molar-refractivity contribution < 1.29 is 17.9 Å². The van der Waals surface area contributed by atoms with E-state index in [1.165, 1.54) is 0 Å². The third kappa shape index (κ3) is 3.90. The Morgan fingerprint density at radius 2 is 1.54 bits per heavy atom. The lowest BCUT2D eigenvalue weighted by molar-refractivity contribution is -0.138. The van der Waals surface area contributed by atoms with E-state index in [9.17, 15) is 13.2 Å². The van der Waals surface area contributed by atoms with Crippen LogP contribution in [0.3, 0.4) is 0 Å². The molecule has 1 saturated carbocycles. The van der Waals surface area contributed by atoms with Crippen LogP contribution >= 0.6 is 0 Å². The maximum Gasteiger partial charge on any atom is 0.416 e. The van der Waals surface area contributed by atoms with E-state index in [0.717, 1.165) is 17.2 Å². The van der Waals surface area contributed by atoms with Gasteiger partial charge in [0, 0.05) is 17.5 Å². The monoisotopic (exact) mass is 383 g/mol. The van der Waals surface area contributed by atoms with Crippen LogP contribution in [0.5, 0.6) is 5.75 Å². The van der Waals surface area contributed by atoms with Crippen LogP contribution in [0.15, 0.2) is 72.8 Å². The molecule has 1 aliphatic rings. The van der Waals surface area contributed by atoms with Crippen LogP contribution < -0.4 is 10.5 Å². The zero-order valence-corrected chi connectivity index (χ0v) is 15.1. The quantitative estimate of drug-likeness (QED) is 0.607. The summed E-state index contributed by atoms with van der Waals surface area (Å²) in [5.41, 5.74) is 7.83. The van der Waals surface area contributed by atoms with Gasteiger partial charge in [-0.3, -0.25) is 0 Å². The van der Waals surface area contributed by atoms with Gasteiger partial charge in [-0.25, -0.2) is 0 Å². The molecule has 5 heteroatoms. The van der Waals surface area contributed by atoms with Gasteiger partial charge in [-0.05, 0) is 35.2 Å². The van der Waals surface area contributed by atoms with Crippen molar-refractivity contribution in [3.8, 4) is 16.9 Å². The van der Waals surface area contributed by atoms with E-state index < -0.39 is 11.7 Å². The van der Waals surface area contributed by atoms with Gasteiger partial charge in [0.15, 0.2) is 0 Å². The molecule has 0 radical (unpaired) electrons. The number of hydrogen-bond donors (Lipinski definition) is 1. The van der Waals surface area contributed by atoms with Crippen LogP contribution in [-0.4, -0.2) is 6.04 Å². The molecule has 2 nitrogen and oxygen atoms in total. The molecule has 4 rings (SSSR count). The van der Waals surface area contributed by atoms with Crippen LogP contribution in [0.1, 0.15) is 29.0 Å². The number of rotatable bonds is 5. The van der Waals surface area contributed by atoms with Crippen LogP contribution in [0.2, 0.25) is 0 Å². The standard InChI is InChI=1S/C23H20F3NO/c24-23(25,26)20-13-22(28-14-15-7-3-1-4-8-15)17(16-9-5-2-6-10-16)11-18(20)19-12-21(19)27/h1-11,13,19,21H,12,14,27H2/t19-,21+/m0/s1. The molecule has 28 heavy (non-hydrogen) atoms. The average Bonchev–Trinajstić information content (AvgIpc) is 3.43. The summed E-state index contributed by atoms with van der Waals surface area (Å²) >= 11 is 0. The van der Waals surface area contributed by atoms with Crippen LogP contribution in [0.4, 0.5) is 13.2 Å². The van der Waals surface area contributed by atoms with Gasteiger partial charge < -0.3 is 10.5 Å². The molecule has 2 atom stereocenters. The normalized spacial score (nSPS) is 18.7. The van der Waals surface area contributed by atoms with Gasteiger partial charge in [-0.15, -0.1) is 0 Å². The Balaban J connectivity index is 1.79. The first kappa shape index (κ1) is 18.6. The second-order valence-electron chi connectivity index (χ2n) is 7.08. The minimum absolute atomic E-state index is 0.195. The summed E-state index contributed by atoms with van der Waals surface area (Å²) in [5.74, 6) is -0.0392. The van der Waals surface area contributed by atoms with Crippen molar-refractivity contribution in [2.75, 3.05) is 0 Å². The molecular weight excluding hydrogens is 363 g/mol. The molecule has 3 aromatic carbocycles. The highest BCUT2D eigenvalue weighted by Crippen LogP contribution is 2.48. The molecule has 0 heterocycles. The van der Waals surface area contributed by atoms with Crippen LogP contribution in [-0.2, 0) is 12.8 Å². The van der Waals surface area contributed by atoms with Gasteiger partial charge in [0.25, 0.3) is 0 Å².